The number of hydrogen-bond acceptors (Lipinski definition) is 6. The summed E-state index contributed by atoms with van der Waals surface area (Å²) >= 11 is 0. The molecular formula is C25H38N4O4. The molecule has 0 heterocycles. The fourth-order valence-corrected chi connectivity index (χ4v) is 5.34. The van der Waals surface area contributed by atoms with Crippen LogP contribution < -0.4 is 22.5 Å². The highest BCUT2D eigenvalue weighted by atomic mass is 16.5. The maximum Gasteiger partial charge on any atom is 0.248 e. The minimum Gasteiger partial charge on any atom is -0.322 e. The van der Waals surface area contributed by atoms with E-state index < -0.39 is 35.1 Å². The molecule has 2 rings (SSSR count). The van der Waals surface area contributed by atoms with Gasteiger partial charge in [-0.2, -0.15) is 0 Å². The summed E-state index contributed by atoms with van der Waals surface area (Å²) in [5.41, 5.74) is 9.51. The second-order valence-corrected chi connectivity index (χ2v) is 9.51. The van der Waals surface area contributed by atoms with Gasteiger partial charge in [0.05, 0.1) is 23.3 Å². The number of hydrogen-bond donors (Lipinski definition) is 5. The molecule has 0 saturated heterocycles. The number of Topliss-reactive ketones (excluding diaryl/α,β-unsaturated/α-hetero) is 1. The van der Waals surface area contributed by atoms with E-state index in [1.807, 2.05) is 50.3 Å². The fourth-order valence-electron chi connectivity index (χ4n) is 5.34. The molecule has 2 amide bonds. The lowest BCUT2D eigenvalue weighted by Crippen LogP contribution is -2.58. The number of hydrazine groups is 1. The molecule has 1 unspecified atom stereocenters. The lowest BCUT2D eigenvalue weighted by molar-refractivity contribution is -0.153. The SMILES string of the molecule is CC(C)C[C@H](C(=O)NN)[C@@H](C(=O)NO)C(/C=C/c1ccccc1)(C(=O)[C@@H](C)N)C1CCCC1. The number of allylic oxidation sites excluding steroid dienone is 1. The first-order valence-electron chi connectivity index (χ1n) is 11.7. The van der Waals surface area contributed by atoms with E-state index in [-0.39, 0.29) is 17.6 Å². The Morgan fingerprint density at radius 2 is 1.73 bits per heavy atom. The van der Waals surface area contributed by atoms with Crippen LogP contribution in [0, 0.1) is 29.1 Å². The lowest BCUT2D eigenvalue weighted by Gasteiger charge is -2.45. The van der Waals surface area contributed by atoms with Crippen LogP contribution in [-0.2, 0) is 14.4 Å². The zero-order valence-corrected chi connectivity index (χ0v) is 19.8. The van der Waals surface area contributed by atoms with E-state index in [4.69, 9.17) is 11.6 Å². The molecule has 1 fully saturated rings. The summed E-state index contributed by atoms with van der Waals surface area (Å²) in [7, 11) is 0. The van der Waals surface area contributed by atoms with Gasteiger partial charge in [-0.15, -0.1) is 0 Å². The number of ketones is 1. The van der Waals surface area contributed by atoms with Crippen molar-refractivity contribution in [2.75, 3.05) is 0 Å². The second kappa shape index (κ2) is 12.1. The Bertz CT molecular complexity index is 834. The van der Waals surface area contributed by atoms with Gasteiger partial charge in [0.1, 0.15) is 0 Å². The van der Waals surface area contributed by atoms with Gasteiger partial charge in [-0.25, -0.2) is 11.3 Å². The van der Waals surface area contributed by atoms with Gasteiger partial charge in [0, 0.05) is 0 Å². The lowest BCUT2D eigenvalue weighted by atomic mass is 9.57. The van der Waals surface area contributed by atoms with Crippen molar-refractivity contribution in [3.63, 3.8) is 0 Å². The molecule has 1 aromatic carbocycles. The molecule has 8 nitrogen and oxygen atoms in total. The standard InChI is InChI=1S/C25H38N4O4/c1-16(2)15-20(23(31)28-27)21(24(32)29-33)25(22(30)17(3)26,19-11-7-8-12-19)14-13-18-9-5-4-6-10-18/h4-6,9-10,13-14,16-17,19-21,33H,7-8,11-12,15,26-27H2,1-3H3,(H,28,31)(H,29,32)/b14-13+/t17-,20+,21+,25?/m1/s1. The zero-order valence-electron chi connectivity index (χ0n) is 19.8. The third kappa shape index (κ3) is 6.07. The largest absolute Gasteiger partial charge is 0.322 e. The summed E-state index contributed by atoms with van der Waals surface area (Å²) in [6.07, 6.45) is 7.11. The predicted molar refractivity (Wildman–Crippen MR) is 127 cm³/mol. The van der Waals surface area contributed by atoms with Crippen LogP contribution >= 0.6 is 0 Å². The Morgan fingerprint density at radius 1 is 1.12 bits per heavy atom. The first-order valence-corrected chi connectivity index (χ1v) is 11.7. The minimum absolute atomic E-state index is 0.0334. The molecule has 7 N–H and O–H groups in total. The zero-order chi connectivity index (χ0) is 24.6. The molecule has 1 aliphatic carbocycles. The van der Waals surface area contributed by atoms with Crippen molar-refractivity contribution in [2.45, 2.75) is 58.9 Å². The van der Waals surface area contributed by atoms with Crippen molar-refractivity contribution in [1.82, 2.24) is 10.9 Å². The maximum atomic E-state index is 13.9. The molecule has 0 bridgehead atoms. The number of carbonyl (C=O) groups is 3. The normalized spacial score (nSPS) is 19.1. The molecule has 33 heavy (non-hydrogen) atoms. The van der Waals surface area contributed by atoms with Crippen LogP contribution in [0.15, 0.2) is 36.4 Å². The van der Waals surface area contributed by atoms with Gasteiger partial charge in [0.25, 0.3) is 0 Å². The van der Waals surface area contributed by atoms with E-state index in [1.54, 1.807) is 18.5 Å². The fraction of sp³-hybridized carbons (Fsp3) is 0.560. The Kier molecular flexibility index (Phi) is 9.76. The monoisotopic (exact) mass is 458 g/mol. The molecule has 0 spiro atoms. The summed E-state index contributed by atoms with van der Waals surface area (Å²) < 4.78 is 0. The van der Waals surface area contributed by atoms with E-state index in [2.05, 4.69) is 5.43 Å². The van der Waals surface area contributed by atoms with Crippen LogP contribution in [-0.4, -0.2) is 28.8 Å². The van der Waals surface area contributed by atoms with Crippen molar-refractivity contribution in [1.29, 1.82) is 0 Å². The Balaban J connectivity index is 2.82. The highest BCUT2D eigenvalue weighted by Gasteiger charge is 2.57. The molecular weight excluding hydrogens is 420 g/mol. The molecule has 4 atom stereocenters. The number of benzene rings is 1. The summed E-state index contributed by atoms with van der Waals surface area (Å²) in [5, 5.41) is 9.73. The van der Waals surface area contributed by atoms with Crippen LogP contribution in [0.3, 0.4) is 0 Å². The smallest absolute Gasteiger partial charge is 0.248 e. The summed E-state index contributed by atoms with van der Waals surface area (Å²) in [5.74, 6) is 1.54. The number of rotatable bonds is 11. The van der Waals surface area contributed by atoms with Crippen molar-refractivity contribution in [3.8, 4) is 0 Å². The van der Waals surface area contributed by atoms with Crippen molar-refractivity contribution >= 4 is 23.7 Å². The van der Waals surface area contributed by atoms with Crippen LogP contribution in [0.5, 0.6) is 0 Å². The summed E-state index contributed by atoms with van der Waals surface area (Å²) in [6.45, 7) is 5.45. The van der Waals surface area contributed by atoms with E-state index in [1.165, 1.54) is 0 Å². The van der Waals surface area contributed by atoms with Crippen LogP contribution in [0.25, 0.3) is 6.08 Å². The van der Waals surface area contributed by atoms with Gasteiger partial charge in [-0.1, -0.05) is 69.2 Å². The molecule has 1 aliphatic rings. The number of nitrogens with two attached hydrogens (primary N) is 2. The Morgan fingerprint density at radius 3 is 2.21 bits per heavy atom. The van der Waals surface area contributed by atoms with Crippen LogP contribution in [0.4, 0.5) is 0 Å². The number of nitrogens with one attached hydrogen (secondary N) is 2. The molecule has 8 heteroatoms. The van der Waals surface area contributed by atoms with E-state index in [0.29, 0.717) is 19.3 Å². The van der Waals surface area contributed by atoms with Gasteiger partial charge in [-0.05, 0) is 43.6 Å². The molecule has 0 radical (unpaired) electrons. The predicted octanol–water partition coefficient (Wildman–Crippen LogP) is 2.57. The first kappa shape index (κ1) is 26.7. The number of amides is 2. The number of hydroxylamine groups is 1. The minimum atomic E-state index is -1.39. The van der Waals surface area contributed by atoms with E-state index >= 15 is 0 Å². The van der Waals surface area contributed by atoms with Crippen molar-refractivity contribution in [2.24, 2.45) is 40.7 Å². The third-order valence-electron chi connectivity index (χ3n) is 6.74. The summed E-state index contributed by atoms with van der Waals surface area (Å²) in [4.78, 5) is 40.2. The number of carbonyl (C=O) groups excluding carboxylic acids is 3. The van der Waals surface area contributed by atoms with Crippen LogP contribution in [0.1, 0.15) is 58.4 Å². The van der Waals surface area contributed by atoms with Gasteiger partial charge < -0.3 is 5.73 Å². The average Bonchev–Trinajstić information content (AvgIpc) is 3.35. The van der Waals surface area contributed by atoms with Gasteiger partial charge in [-0.3, -0.25) is 25.0 Å². The average molecular weight is 459 g/mol. The van der Waals surface area contributed by atoms with Crippen LogP contribution in [0.2, 0.25) is 0 Å². The molecule has 182 valence electrons. The van der Waals surface area contributed by atoms with Crippen molar-refractivity contribution in [3.05, 3.63) is 42.0 Å². The Hall–Kier alpha value is -2.55. The van der Waals surface area contributed by atoms with E-state index in [0.717, 1.165) is 18.4 Å². The first-order chi connectivity index (χ1) is 15.7. The molecule has 1 aromatic rings. The Labute approximate surface area is 196 Å². The van der Waals surface area contributed by atoms with Gasteiger partial charge in [0.2, 0.25) is 11.8 Å². The highest BCUT2D eigenvalue weighted by molar-refractivity contribution is 5.99. The topological polar surface area (TPSA) is 148 Å². The molecule has 0 aliphatic heterocycles. The van der Waals surface area contributed by atoms with Crippen molar-refractivity contribution < 1.29 is 19.6 Å². The molecule has 0 aromatic heterocycles. The summed E-state index contributed by atoms with van der Waals surface area (Å²) in [6, 6.07) is 8.57. The van der Waals surface area contributed by atoms with Gasteiger partial charge in [0.15, 0.2) is 5.78 Å². The maximum absolute atomic E-state index is 13.9. The second-order valence-electron chi connectivity index (χ2n) is 9.51. The molecule has 1 saturated carbocycles. The van der Waals surface area contributed by atoms with E-state index in [9.17, 15) is 19.6 Å². The third-order valence-corrected chi connectivity index (χ3v) is 6.74. The van der Waals surface area contributed by atoms with Gasteiger partial charge >= 0.3 is 0 Å². The quantitative estimate of drug-likeness (QED) is 0.149. The highest BCUT2D eigenvalue weighted by Crippen LogP contribution is 2.51.